The highest BCUT2D eigenvalue weighted by Crippen LogP contribution is 2.41. The minimum absolute atomic E-state index is 0.0562. The largest absolute Gasteiger partial charge is 0.458 e. The van der Waals surface area contributed by atoms with E-state index in [1.165, 1.54) is 23.4 Å². The average Bonchev–Trinajstić information content (AvgIpc) is 1.71. The molecular formula is C73H66N4O. The van der Waals surface area contributed by atoms with Crippen LogP contribution >= 0.6 is 0 Å². The minimum Gasteiger partial charge on any atom is -0.458 e. The van der Waals surface area contributed by atoms with Gasteiger partial charge in [-0.1, -0.05) is 220 Å². The number of aryl methyl sites for hydroxylation is 1. The third-order valence-corrected chi connectivity index (χ3v) is 14.6. The van der Waals surface area contributed by atoms with Crippen molar-refractivity contribution in [2.24, 2.45) is 0 Å². The van der Waals surface area contributed by atoms with E-state index in [0.717, 1.165) is 44.3 Å². The van der Waals surface area contributed by atoms with E-state index in [2.05, 4.69) is 134 Å². The molecule has 78 heavy (non-hydrogen) atoms. The molecule has 12 aromatic rings. The fourth-order valence-electron chi connectivity index (χ4n) is 10.3. The molecule has 3 aromatic heterocycles. The molecule has 0 fully saturated rings. The number of hydrogen-bond donors (Lipinski definition) is 0. The summed E-state index contributed by atoms with van der Waals surface area (Å²) < 4.78 is 125. The monoisotopic (exact) mass is 1030 g/mol. The van der Waals surface area contributed by atoms with E-state index < -0.39 is 55.2 Å². The Morgan fingerprint density at radius 1 is 0.487 bits per heavy atom. The van der Waals surface area contributed by atoms with Gasteiger partial charge < -0.3 is 4.74 Å². The summed E-state index contributed by atoms with van der Waals surface area (Å²) >= 11 is 0. The van der Waals surface area contributed by atoms with Gasteiger partial charge in [-0.3, -0.25) is 13.7 Å². The Balaban J connectivity index is 1.06. The van der Waals surface area contributed by atoms with E-state index in [1.807, 2.05) is 88.0 Å². The van der Waals surface area contributed by atoms with Crippen molar-refractivity contribution in [3.63, 3.8) is 0 Å². The van der Waals surface area contributed by atoms with Crippen LogP contribution < -0.4 is 9.30 Å². The van der Waals surface area contributed by atoms with Gasteiger partial charge in [0, 0.05) is 32.7 Å². The van der Waals surface area contributed by atoms with Gasteiger partial charge in [-0.25, -0.2) is 4.98 Å². The molecule has 0 aliphatic heterocycles. The number of nitrogens with zero attached hydrogens (tertiary/aromatic N) is 4. The first-order valence-electron chi connectivity index (χ1n) is 32.7. The molecular weight excluding hydrogens is 949 g/mol. The highest BCUT2D eigenvalue weighted by molar-refractivity contribution is 6.09. The van der Waals surface area contributed by atoms with Gasteiger partial charge in [0.2, 0.25) is 0 Å². The quantitative estimate of drug-likeness (QED) is 0.107. The van der Waals surface area contributed by atoms with Gasteiger partial charge in [0.15, 0.2) is 0 Å². The van der Waals surface area contributed by atoms with Crippen LogP contribution in [0.15, 0.2) is 218 Å². The Morgan fingerprint density at radius 2 is 1.13 bits per heavy atom. The second-order valence-corrected chi connectivity index (χ2v) is 23.0. The molecule has 0 unspecified atom stereocenters. The van der Waals surface area contributed by atoms with Gasteiger partial charge >= 0.3 is 0 Å². The van der Waals surface area contributed by atoms with Crippen LogP contribution in [0.1, 0.15) is 102 Å². The van der Waals surface area contributed by atoms with Gasteiger partial charge in [0.05, 0.1) is 47.1 Å². The Labute approximate surface area is 478 Å². The van der Waals surface area contributed by atoms with Crippen molar-refractivity contribution in [3.05, 3.63) is 247 Å². The molecule has 0 N–H and O–H groups in total. The summed E-state index contributed by atoms with van der Waals surface area (Å²) in [7, 11) is 0. The molecule has 3 heterocycles. The molecule has 0 aliphatic carbocycles. The van der Waals surface area contributed by atoms with Crippen LogP contribution in [-0.2, 0) is 16.2 Å². The molecule has 384 valence electrons. The standard InChI is InChI=1S/C73H66N4O/c1-48-38-69(74-46-64(48)50-24-15-12-16-25-50)77-65-33-18-17-30-62(65)63-36-35-59(45-67(63)77)78-58-29-20-28-57(44-58)75-47-76(66-37-34-51(42-68(66)75)49-22-13-11-14-23-49)70-60(52-26-19-27-54(39-52)71(2,3)4)31-21-32-61(70)53-40-55(72(5,6)7)43-56(41-53)73(8,9)10/h11-46H,1-10H3/i1D3,11D,12D,13D,14D,15D,16D,22D,23D,24D,25D. The van der Waals surface area contributed by atoms with Crippen LogP contribution in [0.4, 0.5) is 0 Å². The van der Waals surface area contributed by atoms with E-state index in [1.54, 1.807) is 6.07 Å². The van der Waals surface area contributed by atoms with Crippen molar-refractivity contribution in [2.75, 3.05) is 0 Å². The molecule has 0 amide bonds. The molecule has 0 spiro atoms. The number of rotatable bonds is 9. The fourth-order valence-corrected chi connectivity index (χ4v) is 10.3. The second kappa shape index (κ2) is 19.3. The molecule has 0 radical (unpaired) electrons. The summed E-state index contributed by atoms with van der Waals surface area (Å²) in [5.74, 6) is 1.06. The molecule has 9 aromatic carbocycles. The van der Waals surface area contributed by atoms with Crippen LogP contribution in [0.2, 0.25) is 0 Å². The number of ether oxygens (including phenoxy) is 1. The molecule has 0 saturated carbocycles. The van der Waals surface area contributed by atoms with Crippen LogP contribution in [0.25, 0.3) is 94.5 Å². The maximum Gasteiger partial charge on any atom is 0.269 e. The summed E-state index contributed by atoms with van der Waals surface area (Å²) in [5, 5.41) is 1.65. The van der Waals surface area contributed by atoms with Crippen molar-refractivity contribution >= 4 is 32.8 Å². The van der Waals surface area contributed by atoms with Crippen molar-refractivity contribution in [3.8, 4) is 73.2 Å². The Kier molecular flexibility index (Phi) is 9.19. The molecule has 5 nitrogen and oxygen atoms in total. The molecule has 0 atom stereocenters. The molecule has 5 heteroatoms. The third kappa shape index (κ3) is 9.38. The van der Waals surface area contributed by atoms with Crippen LogP contribution in [0, 0.1) is 13.2 Å². The highest BCUT2D eigenvalue weighted by Gasteiger charge is 2.26. The Hall–Kier alpha value is -8.80. The van der Waals surface area contributed by atoms with Gasteiger partial charge in [-0.15, -0.1) is 0 Å². The lowest BCUT2D eigenvalue weighted by atomic mass is 9.78. The second-order valence-electron chi connectivity index (χ2n) is 23.0. The number of pyridine rings is 1. The molecule has 12 rings (SSSR count). The lowest BCUT2D eigenvalue weighted by molar-refractivity contribution is -0.571. The van der Waals surface area contributed by atoms with E-state index >= 15 is 0 Å². The van der Waals surface area contributed by atoms with Crippen LogP contribution in [-0.4, -0.2) is 14.1 Å². The number of imidazole rings is 1. The predicted molar refractivity (Wildman–Crippen MR) is 325 cm³/mol. The molecule has 0 saturated heterocycles. The van der Waals surface area contributed by atoms with E-state index in [0.29, 0.717) is 44.8 Å². The van der Waals surface area contributed by atoms with E-state index in [4.69, 9.17) is 27.5 Å². The zero-order valence-electron chi connectivity index (χ0n) is 58.2. The maximum absolute atomic E-state index is 9.09. The van der Waals surface area contributed by atoms with E-state index in [-0.39, 0.29) is 56.4 Å². The number of hydrogen-bond acceptors (Lipinski definition) is 2. The normalized spacial score (nSPS) is 14.8. The average molecular weight is 1030 g/mol. The first-order chi connectivity index (χ1) is 42.8. The highest BCUT2D eigenvalue weighted by atomic mass is 16.5. The molecule has 0 bridgehead atoms. The Morgan fingerprint density at radius 3 is 1.85 bits per heavy atom. The summed E-state index contributed by atoms with van der Waals surface area (Å²) in [4.78, 5) is 4.76. The number of fused-ring (bicyclic) bond motifs is 4. The van der Waals surface area contributed by atoms with Crippen molar-refractivity contribution in [1.29, 1.82) is 0 Å². The smallest absolute Gasteiger partial charge is 0.269 e. The van der Waals surface area contributed by atoms with Crippen molar-refractivity contribution in [1.82, 2.24) is 14.1 Å². The predicted octanol–water partition coefficient (Wildman–Crippen LogP) is 18.9. The lowest BCUT2D eigenvalue weighted by Crippen LogP contribution is -2.31. The fraction of sp³-hybridized carbons (Fsp3) is 0.178. The van der Waals surface area contributed by atoms with Gasteiger partial charge in [0.1, 0.15) is 17.3 Å². The summed E-state index contributed by atoms with van der Waals surface area (Å²) in [6.07, 6.45) is 5.06. The molecule has 0 aliphatic rings. The number of benzene rings is 9. The third-order valence-electron chi connectivity index (χ3n) is 14.6. The van der Waals surface area contributed by atoms with Gasteiger partial charge in [-0.2, -0.15) is 0 Å². The van der Waals surface area contributed by atoms with Gasteiger partial charge in [-0.05, 0) is 133 Å². The minimum atomic E-state index is -2.80. The van der Waals surface area contributed by atoms with Crippen LogP contribution in [0.3, 0.4) is 0 Å². The van der Waals surface area contributed by atoms with Crippen molar-refractivity contribution in [2.45, 2.75) is 85.4 Å². The number of aromatic nitrogens is 4. The summed E-state index contributed by atoms with van der Waals surface area (Å²) in [6, 6.07) is 44.7. The first-order valence-corrected chi connectivity index (χ1v) is 26.2. The zero-order valence-corrected chi connectivity index (χ0v) is 45.2. The Bertz CT molecular complexity index is 4890. The SMILES string of the molecule is [2H]c1c([2H])c([2H])c(-c2ccc3c(c2)n(-c2cccc(Oc4ccc5c6ccccc6n(-c6cc(C([2H])([2H])[2H])c(-c7c([2H])c([2H])c([2H])c([2H])c7[2H])cn6)c5c4)c2)[c-][n+]3-c2c(-c3cccc(C(C)(C)C)c3)cccc2-c2cc(C(C)(C)C)cc(C(C)(C)C)c2)c([2H])c1[2H]. The van der Waals surface area contributed by atoms with Crippen LogP contribution in [0.5, 0.6) is 11.5 Å². The van der Waals surface area contributed by atoms with Gasteiger partial charge in [0.25, 0.3) is 6.33 Å². The zero-order chi connectivity index (χ0) is 65.3. The topological polar surface area (TPSA) is 35.9 Å². The van der Waals surface area contributed by atoms with Crippen molar-refractivity contribution < 1.29 is 27.1 Å². The summed E-state index contributed by atoms with van der Waals surface area (Å²) in [5.41, 5.74) is 10.8. The summed E-state index contributed by atoms with van der Waals surface area (Å²) in [6.45, 7) is 17.2. The number of para-hydroxylation sites is 2. The first kappa shape index (κ1) is 37.1. The maximum atomic E-state index is 9.09. The van der Waals surface area contributed by atoms with E-state index in [9.17, 15) is 0 Å². The lowest BCUT2D eigenvalue weighted by Gasteiger charge is -2.27.